The van der Waals surface area contributed by atoms with E-state index in [0.29, 0.717) is 24.3 Å². The standard InChI is InChI=1S/C24H29F3N4O.ClH/c25-24(26,27)19-8-6-17(7-9-19)22(21-16-28-12-13-29-21)30-20-10-14-31(15-11-20)23(32)18-4-2-1-3-5-18;/h6-9,12-13,16,18,20,22,30H,1-5,10-11,14-15H2;1H. The number of benzene rings is 1. The van der Waals surface area contributed by atoms with Crippen LogP contribution < -0.4 is 5.32 Å². The van der Waals surface area contributed by atoms with E-state index < -0.39 is 11.7 Å². The second kappa shape index (κ2) is 11.3. The Balaban J connectivity index is 0.00000306. The highest BCUT2D eigenvalue weighted by Gasteiger charge is 2.32. The van der Waals surface area contributed by atoms with Crippen molar-refractivity contribution in [3.63, 3.8) is 0 Å². The van der Waals surface area contributed by atoms with Crippen LogP contribution in [0, 0.1) is 5.92 Å². The topological polar surface area (TPSA) is 58.1 Å². The number of amides is 1. The zero-order chi connectivity index (χ0) is 22.6. The van der Waals surface area contributed by atoms with Crippen molar-refractivity contribution in [2.24, 2.45) is 5.92 Å². The number of nitrogens with one attached hydrogen (secondary N) is 1. The molecule has 33 heavy (non-hydrogen) atoms. The molecular formula is C24H30ClF3N4O. The van der Waals surface area contributed by atoms with Crippen molar-refractivity contribution in [1.29, 1.82) is 0 Å². The van der Waals surface area contributed by atoms with E-state index in [9.17, 15) is 18.0 Å². The van der Waals surface area contributed by atoms with Gasteiger partial charge in [0.25, 0.3) is 0 Å². The van der Waals surface area contributed by atoms with Crippen LogP contribution in [0.2, 0.25) is 0 Å². The predicted octanol–water partition coefficient (Wildman–Crippen LogP) is 5.17. The molecule has 2 aromatic rings. The van der Waals surface area contributed by atoms with Crippen LogP contribution in [-0.2, 0) is 11.0 Å². The van der Waals surface area contributed by atoms with Crippen molar-refractivity contribution in [2.75, 3.05) is 13.1 Å². The van der Waals surface area contributed by atoms with Gasteiger partial charge in [0.05, 0.1) is 23.5 Å². The fourth-order valence-electron chi connectivity index (χ4n) is 4.79. The lowest BCUT2D eigenvalue weighted by atomic mass is 9.87. The largest absolute Gasteiger partial charge is 0.416 e. The molecule has 0 bridgehead atoms. The van der Waals surface area contributed by atoms with E-state index in [-0.39, 0.29) is 36.3 Å². The maximum Gasteiger partial charge on any atom is 0.416 e. The van der Waals surface area contributed by atoms with Crippen LogP contribution in [0.15, 0.2) is 42.9 Å². The lowest BCUT2D eigenvalue weighted by molar-refractivity contribution is -0.138. The Hall–Kier alpha value is -2.19. The number of piperidine rings is 1. The molecule has 1 N–H and O–H groups in total. The van der Waals surface area contributed by atoms with Crippen molar-refractivity contribution in [2.45, 2.75) is 63.2 Å². The number of likely N-dealkylation sites (tertiary alicyclic amines) is 1. The number of halogens is 4. The Bertz CT molecular complexity index is 881. The maximum atomic E-state index is 13.0. The van der Waals surface area contributed by atoms with Crippen molar-refractivity contribution < 1.29 is 18.0 Å². The van der Waals surface area contributed by atoms with Gasteiger partial charge in [0.2, 0.25) is 5.91 Å². The Morgan fingerprint density at radius 2 is 1.67 bits per heavy atom. The molecule has 4 rings (SSSR count). The van der Waals surface area contributed by atoms with E-state index in [4.69, 9.17) is 0 Å². The third-order valence-corrected chi connectivity index (χ3v) is 6.61. The quantitative estimate of drug-likeness (QED) is 0.639. The highest BCUT2D eigenvalue weighted by molar-refractivity contribution is 5.85. The van der Waals surface area contributed by atoms with Crippen LogP contribution >= 0.6 is 12.4 Å². The van der Waals surface area contributed by atoms with Gasteiger partial charge in [-0.1, -0.05) is 31.4 Å². The molecule has 9 heteroatoms. The van der Waals surface area contributed by atoms with Crippen LogP contribution in [0.5, 0.6) is 0 Å². The summed E-state index contributed by atoms with van der Waals surface area (Å²) >= 11 is 0. The van der Waals surface area contributed by atoms with Crippen LogP contribution in [-0.4, -0.2) is 39.9 Å². The second-order valence-corrected chi connectivity index (χ2v) is 8.78. The summed E-state index contributed by atoms with van der Waals surface area (Å²) < 4.78 is 38.9. The maximum absolute atomic E-state index is 13.0. The SMILES string of the molecule is Cl.O=C(C1CCCCC1)N1CCC(NC(c2ccc(C(F)(F)F)cc2)c2cnccn2)CC1. The number of nitrogens with zero attached hydrogens (tertiary/aromatic N) is 3. The second-order valence-electron chi connectivity index (χ2n) is 8.78. The first-order valence-electron chi connectivity index (χ1n) is 11.4. The molecule has 180 valence electrons. The average molecular weight is 483 g/mol. The molecule has 1 aliphatic heterocycles. The molecule has 5 nitrogen and oxygen atoms in total. The van der Waals surface area contributed by atoms with Crippen molar-refractivity contribution in [3.05, 3.63) is 59.7 Å². The molecule has 2 fully saturated rings. The fraction of sp³-hybridized carbons (Fsp3) is 0.542. The molecule has 1 aromatic heterocycles. The first-order chi connectivity index (χ1) is 15.4. The molecule has 1 unspecified atom stereocenters. The average Bonchev–Trinajstić information content (AvgIpc) is 2.83. The van der Waals surface area contributed by atoms with Gasteiger partial charge in [-0.25, -0.2) is 0 Å². The summed E-state index contributed by atoms with van der Waals surface area (Å²) in [6.07, 6.45) is 7.53. The van der Waals surface area contributed by atoms with Gasteiger partial charge in [-0.15, -0.1) is 12.4 Å². The highest BCUT2D eigenvalue weighted by atomic mass is 35.5. The van der Waals surface area contributed by atoms with E-state index in [0.717, 1.165) is 50.7 Å². The molecule has 2 heterocycles. The lowest BCUT2D eigenvalue weighted by Crippen LogP contribution is -2.47. The molecule has 0 spiro atoms. The Kier molecular flexibility index (Phi) is 8.70. The minimum absolute atomic E-state index is 0. The molecule has 1 aliphatic carbocycles. The van der Waals surface area contributed by atoms with Crippen LogP contribution in [0.4, 0.5) is 13.2 Å². The third-order valence-electron chi connectivity index (χ3n) is 6.61. The summed E-state index contributed by atoms with van der Waals surface area (Å²) in [7, 11) is 0. The van der Waals surface area contributed by atoms with Gasteiger partial charge < -0.3 is 10.2 Å². The summed E-state index contributed by atoms with van der Waals surface area (Å²) in [5.41, 5.74) is 0.695. The zero-order valence-corrected chi connectivity index (χ0v) is 19.2. The normalized spacial score (nSPS) is 19.1. The summed E-state index contributed by atoms with van der Waals surface area (Å²) in [5, 5.41) is 3.56. The van der Waals surface area contributed by atoms with Gasteiger partial charge in [-0.3, -0.25) is 14.8 Å². The molecule has 0 radical (unpaired) electrons. The Morgan fingerprint density at radius 1 is 1.00 bits per heavy atom. The first-order valence-corrected chi connectivity index (χ1v) is 11.4. The van der Waals surface area contributed by atoms with E-state index in [1.807, 2.05) is 4.90 Å². The van der Waals surface area contributed by atoms with Gasteiger partial charge in [0, 0.05) is 37.4 Å². The van der Waals surface area contributed by atoms with Gasteiger partial charge in [0.15, 0.2) is 0 Å². The summed E-state index contributed by atoms with van der Waals surface area (Å²) in [4.78, 5) is 23.3. The molecule has 1 aromatic carbocycles. The number of hydrogen-bond acceptors (Lipinski definition) is 4. The van der Waals surface area contributed by atoms with Crippen LogP contribution in [0.3, 0.4) is 0 Å². The van der Waals surface area contributed by atoms with Gasteiger partial charge in [-0.2, -0.15) is 13.2 Å². The predicted molar refractivity (Wildman–Crippen MR) is 122 cm³/mol. The van der Waals surface area contributed by atoms with E-state index >= 15 is 0 Å². The summed E-state index contributed by atoms with van der Waals surface area (Å²) in [6.45, 7) is 1.40. The summed E-state index contributed by atoms with van der Waals surface area (Å²) in [6, 6.07) is 4.97. The molecular weight excluding hydrogens is 453 g/mol. The van der Waals surface area contributed by atoms with Crippen molar-refractivity contribution in [1.82, 2.24) is 20.2 Å². The molecule has 1 saturated heterocycles. The van der Waals surface area contributed by atoms with Crippen LogP contribution in [0.25, 0.3) is 0 Å². The van der Waals surface area contributed by atoms with Gasteiger partial charge in [-0.05, 0) is 43.4 Å². The minimum atomic E-state index is -4.37. The number of alkyl halides is 3. The first kappa shape index (κ1) is 25.4. The highest BCUT2D eigenvalue weighted by Crippen LogP contribution is 2.31. The number of aromatic nitrogens is 2. The van der Waals surface area contributed by atoms with Crippen LogP contribution in [0.1, 0.15) is 67.8 Å². The van der Waals surface area contributed by atoms with E-state index in [1.165, 1.54) is 18.6 Å². The molecule has 1 atom stereocenters. The van der Waals surface area contributed by atoms with Crippen molar-refractivity contribution in [3.8, 4) is 0 Å². The van der Waals surface area contributed by atoms with E-state index in [2.05, 4.69) is 15.3 Å². The number of carbonyl (C=O) groups is 1. The monoisotopic (exact) mass is 482 g/mol. The van der Waals surface area contributed by atoms with Crippen molar-refractivity contribution >= 4 is 18.3 Å². The molecule has 2 aliphatic rings. The zero-order valence-electron chi connectivity index (χ0n) is 18.4. The Labute approximate surface area is 198 Å². The number of rotatable bonds is 5. The van der Waals surface area contributed by atoms with E-state index in [1.54, 1.807) is 18.6 Å². The van der Waals surface area contributed by atoms with Gasteiger partial charge in [0.1, 0.15) is 0 Å². The minimum Gasteiger partial charge on any atom is -0.342 e. The van der Waals surface area contributed by atoms with Gasteiger partial charge >= 0.3 is 6.18 Å². The number of hydrogen-bond donors (Lipinski definition) is 1. The molecule has 1 amide bonds. The Morgan fingerprint density at radius 3 is 2.24 bits per heavy atom. The third kappa shape index (κ3) is 6.44. The smallest absolute Gasteiger partial charge is 0.342 e. The molecule has 1 saturated carbocycles. The number of carbonyl (C=O) groups excluding carboxylic acids is 1. The summed E-state index contributed by atoms with van der Waals surface area (Å²) in [5.74, 6) is 0.462. The fourth-order valence-corrected chi connectivity index (χ4v) is 4.79. The lowest BCUT2D eigenvalue weighted by Gasteiger charge is -2.37.